The van der Waals surface area contributed by atoms with Crippen LogP contribution in [0.1, 0.15) is 5.56 Å². The summed E-state index contributed by atoms with van der Waals surface area (Å²) in [6.45, 7) is 1.53. The van der Waals surface area contributed by atoms with Gasteiger partial charge in [-0.25, -0.2) is 4.39 Å². The van der Waals surface area contributed by atoms with E-state index in [9.17, 15) is 4.39 Å². The van der Waals surface area contributed by atoms with Gasteiger partial charge < -0.3 is 13.9 Å². The van der Waals surface area contributed by atoms with Crippen molar-refractivity contribution in [2.24, 2.45) is 0 Å². The van der Waals surface area contributed by atoms with Crippen LogP contribution >= 0.6 is 32.9 Å². The van der Waals surface area contributed by atoms with Crippen molar-refractivity contribution in [2.75, 3.05) is 6.61 Å². The first-order valence-electron chi connectivity index (χ1n) is 8.98. The van der Waals surface area contributed by atoms with E-state index in [2.05, 4.69) is 22.0 Å². The van der Waals surface area contributed by atoms with Crippen LogP contribution in [0.4, 0.5) is 4.39 Å². The number of para-hydroxylation sites is 2. The Hall–Kier alpha value is -2.38. The third-order valence-electron chi connectivity index (χ3n) is 4.66. The number of hydrogen-bond donors (Lipinski definition) is 1. The van der Waals surface area contributed by atoms with Crippen LogP contribution in [0, 0.1) is 11.2 Å². The smallest absolute Gasteiger partial charge is 0.203 e. The number of halogens is 3. The molecule has 4 rings (SSSR count). The molecule has 4 aromatic rings. The van der Waals surface area contributed by atoms with E-state index in [1.165, 1.54) is 12.1 Å². The van der Waals surface area contributed by atoms with Gasteiger partial charge in [-0.1, -0.05) is 46.3 Å². The van der Waals surface area contributed by atoms with Gasteiger partial charge in [-0.15, -0.1) is 17.0 Å². The maximum atomic E-state index is 13.0. The van der Waals surface area contributed by atoms with E-state index in [-0.39, 0.29) is 22.8 Å². The molecule has 1 aromatic heterocycles. The van der Waals surface area contributed by atoms with Crippen molar-refractivity contribution in [1.29, 1.82) is 5.41 Å². The van der Waals surface area contributed by atoms with Crippen LogP contribution in [-0.2, 0) is 13.1 Å². The van der Waals surface area contributed by atoms with Gasteiger partial charge in [-0.3, -0.25) is 5.41 Å². The van der Waals surface area contributed by atoms with E-state index in [1.807, 2.05) is 51.6 Å². The Morgan fingerprint density at radius 2 is 1.48 bits per heavy atom. The molecule has 0 saturated carbocycles. The lowest BCUT2D eigenvalue weighted by molar-refractivity contribution is 0.296. The summed E-state index contributed by atoms with van der Waals surface area (Å²) in [5, 5.41) is 8.71. The van der Waals surface area contributed by atoms with Gasteiger partial charge in [0.2, 0.25) is 5.62 Å². The second kappa shape index (κ2) is 9.41. The van der Waals surface area contributed by atoms with E-state index in [0.717, 1.165) is 21.1 Å². The Morgan fingerprint density at radius 3 is 2.17 bits per heavy atom. The summed E-state index contributed by atoms with van der Waals surface area (Å²) in [6, 6.07) is 22.0. The molecule has 0 amide bonds. The van der Waals surface area contributed by atoms with Gasteiger partial charge in [-0.05, 0) is 48.0 Å². The van der Waals surface area contributed by atoms with Crippen LogP contribution in [0.25, 0.3) is 11.0 Å². The maximum Gasteiger partial charge on any atom is 0.203 e. The largest absolute Gasteiger partial charge is 0.492 e. The van der Waals surface area contributed by atoms with Gasteiger partial charge >= 0.3 is 0 Å². The molecule has 0 bridgehead atoms. The van der Waals surface area contributed by atoms with Crippen molar-refractivity contribution in [3.63, 3.8) is 0 Å². The molecule has 29 heavy (non-hydrogen) atoms. The molecule has 0 aliphatic carbocycles. The van der Waals surface area contributed by atoms with E-state index >= 15 is 0 Å². The minimum absolute atomic E-state index is 0. The molecule has 1 heterocycles. The van der Waals surface area contributed by atoms with E-state index in [0.29, 0.717) is 31.1 Å². The lowest BCUT2D eigenvalue weighted by atomic mass is 10.2. The quantitative estimate of drug-likeness (QED) is 0.357. The van der Waals surface area contributed by atoms with E-state index in [1.54, 1.807) is 12.1 Å². The highest BCUT2D eigenvalue weighted by Gasteiger charge is 2.12. The second-order valence-corrected chi connectivity index (χ2v) is 7.30. The van der Waals surface area contributed by atoms with E-state index < -0.39 is 0 Å². The molecule has 1 N–H and O–H groups in total. The molecule has 4 nitrogen and oxygen atoms in total. The van der Waals surface area contributed by atoms with Gasteiger partial charge in [0.15, 0.2) is 0 Å². The maximum absolute atomic E-state index is 13.0. The topological polar surface area (TPSA) is 42.9 Å². The highest BCUT2D eigenvalue weighted by molar-refractivity contribution is 9.10. The summed E-state index contributed by atoms with van der Waals surface area (Å²) in [7, 11) is 0. The molecule has 0 aliphatic rings. The average Bonchev–Trinajstić information content (AvgIpc) is 2.97. The number of rotatable bonds is 6. The van der Waals surface area contributed by atoms with Crippen molar-refractivity contribution in [3.8, 4) is 5.75 Å². The van der Waals surface area contributed by atoms with Gasteiger partial charge in [0.05, 0.1) is 24.1 Å². The summed E-state index contributed by atoms with van der Waals surface area (Å²) < 4.78 is 23.7. The second-order valence-electron chi connectivity index (χ2n) is 6.44. The molecule has 0 saturated heterocycles. The Labute approximate surface area is 187 Å². The van der Waals surface area contributed by atoms with E-state index in [4.69, 9.17) is 10.1 Å². The lowest BCUT2D eigenvalue weighted by Crippen LogP contribution is -2.27. The fourth-order valence-electron chi connectivity index (χ4n) is 3.26. The Kier molecular flexibility index (Phi) is 6.92. The zero-order valence-electron chi connectivity index (χ0n) is 15.5. The lowest BCUT2D eigenvalue weighted by Gasteiger charge is -2.08. The molecule has 0 atom stereocenters. The molecular formula is C22H20Br2FN3O. The molecule has 0 radical (unpaired) electrons. The standard InChI is InChI=1S/C22H19BrFN3O.BrH/c23-19-6-2-1-5-16(19)15-27-21-8-4-3-7-20(21)26(22(27)25)13-14-28-18-11-9-17(24)10-12-18;/h1-12,25H,13-15H2;1H. The van der Waals surface area contributed by atoms with Crippen molar-refractivity contribution < 1.29 is 9.13 Å². The van der Waals surface area contributed by atoms with Gasteiger partial charge in [0.1, 0.15) is 18.2 Å². The molecule has 0 unspecified atom stereocenters. The van der Waals surface area contributed by atoms with Crippen molar-refractivity contribution in [3.05, 3.63) is 94.3 Å². The fraction of sp³-hybridized carbons (Fsp3) is 0.136. The van der Waals surface area contributed by atoms with Gasteiger partial charge in [0.25, 0.3) is 0 Å². The highest BCUT2D eigenvalue weighted by atomic mass is 79.9. The molecule has 0 aliphatic heterocycles. The summed E-state index contributed by atoms with van der Waals surface area (Å²) in [6.07, 6.45) is 0. The number of aromatic nitrogens is 2. The third-order valence-corrected chi connectivity index (χ3v) is 5.43. The first-order valence-corrected chi connectivity index (χ1v) is 9.77. The SMILES string of the molecule is Br.N=c1n(CCOc2ccc(F)cc2)c2ccccc2n1Cc1ccccc1Br. The molecule has 0 spiro atoms. The number of nitrogens with one attached hydrogen (secondary N) is 1. The summed E-state index contributed by atoms with van der Waals surface area (Å²) >= 11 is 3.59. The molecule has 3 aromatic carbocycles. The normalized spacial score (nSPS) is 10.7. The molecular weight excluding hydrogens is 501 g/mol. The Balaban J connectivity index is 0.00000240. The molecule has 7 heteroatoms. The van der Waals surface area contributed by atoms with Gasteiger partial charge in [0, 0.05) is 4.47 Å². The first kappa shape index (κ1) is 21.3. The molecule has 0 fully saturated rings. The highest BCUT2D eigenvalue weighted by Crippen LogP contribution is 2.20. The van der Waals surface area contributed by atoms with Crippen LogP contribution in [0.2, 0.25) is 0 Å². The molecule has 150 valence electrons. The minimum atomic E-state index is -0.287. The van der Waals surface area contributed by atoms with Crippen LogP contribution < -0.4 is 10.4 Å². The Morgan fingerprint density at radius 1 is 0.862 bits per heavy atom. The van der Waals surface area contributed by atoms with Crippen LogP contribution in [0.3, 0.4) is 0 Å². The fourth-order valence-corrected chi connectivity index (χ4v) is 3.67. The van der Waals surface area contributed by atoms with Crippen molar-refractivity contribution in [2.45, 2.75) is 13.1 Å². The minimum Gasteiger partial charge on any atom is -0.492 e. The summed E-state index contributed by atoms with van der Waals surface area (Å²) in [4.78, 5) is 0. The number of nitrogens with zero attached hydrogens (tertiary/aromatic N) is 2. The summed E-state index contributed by atoms with van der Waals surface area (Å²) in [5.41, 5.74) is 3.53. The number of imidazole rings is 1. The third kappa shape index (κ3) is 4.62. The van der Waals surface area contributed by atoms with Crippen LogP contribution in [0.15, 0.2) is 77.3 Å². The van der Waals surface area contributed by atoms with Crippen LogP contribution in [0.5, 0.6) is 5.75 Å². The Bertz CT molecular complexity index is 1170. The summed E-state index contributed by atoms with van der Waals surface area (Å²) in [5.74, 6) is 0.329. The van der Waals surface area contributed by atoms with Gasteiger partial charge in [-0.2, -0.15) is 0 Å². The zero-order valence-corrected chi connectivity index (χ0v) is 18.8. The predicted molar refractivity (Wildman–Crippen MR) is 121 cm³/mol. The van der Waals surface area contributed by atoms with Crippen molar-refractivity contribution in [1.82, 2.24) is 9.13 Å². The van der Waals surface area contributed by atoms with Crippen LogP contribution in [-0.4, -0.2) is 15.7 Å². The number of fused-ring (bicyclic) bond motifs is 1. The number of ether oxygens (including phenoxy) is 1. The van der Waals surface area contributed by atoms with Crippen molar-refractivity contribution >= 4 is 43.9 Å². The predicted octanol–water partition coefficient (Wildman–Crippen LogP) is 5.53. The number of hydrogen-bond acceptors (Lipinski definition) is 2. The average molecular weight is 521 g/mol. The first-order chi connectivity index (χ1) is 13.6. The monoisotopic (exact) mass is 519 g/mol. The zero-order chi connectivity index (χ0) is 19.5. The number of benzene rings is 3.